The van der Waals surface area contributed by atoms with Crippen LogP contribution >= 0.6 is 0 Å². The van der Waals surface area contributed by atoms with E-state index in [2.05, 4.69) is 27.8 Å². The third kappa shape index (κ3) is 11.0. The van der Waals surface area contributed by atoms with Crippen molar-refractivity contribution in [3.05, 3.63) is 12.7 Å². The third-order valence-corrected chi connectivity index (χ3v) is 14.0. The highest BCUT2D eigenvalue weighted by molar-refractivity contribution is 7.92. The van der Waals surface area contributed by atoms with Crippen molar-refractivity contribution in [2.24, 2.45) is 17.3 Å². The second-order valence-electron chi connectivity index (χ2n) is 17.1. The third-order valence-electron chi connectivity index (χ3n) is 11.2. The van der Waals surface area contributed by atoms with Gasteiger partial charge in [0, 0.05) is 13.1 Å². The fraction of sp³-hybridized carbons (Fsp3) is 0.816. The van der Waals surface area contributed by atoms with Gasteiger partial charge in [0.05, 0.1) is 22.1 Å². The van der Waals surface area contributed by atoms with Crippen LogP contribution in [-0.4, -0.2) is 90.1 Å². The van der Waals surface area contributed by atoms with Gasteiger partial charge in [0.15, 0.2) is 9.84 Å². The average molecular weight is 736 g/mol. The summed E-state index contributed by atoms with van der Waals surface area (Å²) in [5, 5.41) is 11.4. The molecule has 2 aliphatic carbocycles. The number of Topliss-reactive ketones (excluding diaryl/α,β-unsaturated/α-hetero) is 1. The molecule has 0 aromatic heterocycles. The second-order valence-corrected chi connectivity index (χ2v) is 19.9. The Kier molecular flexibility index (Phi) is 14.7. The van der Waals surface area contributed by atoms with Gasteiger partial charge in [-0.3, -0.25) is 19.2 Å². The predicted octanol–water partition coefficient (Wildman–Crippen LogP) is 4.57. The number of nitrogens with zero attached hydrogens (tertiary/aromatic N) is 1. The maximum Gasteiger partial charge on any atom is 0.315 e. The molecule has 2 saturated carbocycles. The van der Waals surface area contributed by atoms with Gasteiger partial charge in [0.25, 0.3) is 5.91 Å². The quantitative estimate of drug-likeness (QED) is 0.150. The molecule has 1 heterocycles. The van der Waals surface area contributed by atoms with Gasteiger partial charge < -0.3 is 26.2 Å². The van der Waals surface area contributed by atoms with Crippen molar-refractivity contribution in [3.8, 4) is 0 Å². The van der Waals surface area contributed by atoms with Crippen molar-refractivity contribution in [3.63, 3.8) is 0 Å². The van der Waals surface area contributed by atoms with E-state index in [1.54, 1.807) is 25.7 Å². The highest BCUT2D eigenvalue weighted by atomic mass is 32.2. The van der Waals surface area contributed by atoms with Crippen LogP contribution in [0.4, 0.5) is 4.79 Å². The normalized spacial score (nSPS) is 22.7. The first kappa shape index (κ1) is 42.5. The smallest absolute Gasteiger partial charge is 0.315 e. The number of rotatable bonds is 14. The average Bonchev–Trinajstić information content (AvgIpc) is 3.52. The molecule has 12 nitrogen and oxygen atoms in total. The van der Waals surface area contributed by atoms with Gasteiger partial charge >= 0.3 is 6.03 Å². The monoisotopic (exact) mass is 735 g/mol. The summed E-state index contributed by atoms with van der Waals surface area (Å²) in [6.45, 7) is 16.9. The van der Waals surface area contributed by atoms with Crippen LogP contribution in [0.3, 0.4) is 0 Å². The zero-order valence-electron chi connectivity index (χ0n) is 32.2. The number of hydrogen-bond donors (Lipinski definition) is 4. The van der Waals surface area contributed by atoms with E-state index >= 15 is 0 Å². The first-order chi connectivity index (χ1) is 23.8. The van der Waals surface area contributed by atoms with Gasteiger partial charge in [-0.05, 0) is 76.5 Å². The van der Waals surface area contributed by atoms with Crippen molar-refractivity contribution >= 4 is 39.4 Å². The van der Waals surface area contributed by atoms with Gasteiger partial charge in [-0.1, -0.05) is 78.7 Å². The number of ketones is 1. The van der Waals surface area contributed by atoms with Crippen LogP contribution in [0.25, 0.3) is 0 Å². The molecule has 4 N–H and O–H groups in total. The van der Waals surface area contributed by atoms with Crippen molar-refractivity contribution < 1.29 is 32.4 Å². The molecule has 1 aliphatic heterocycles. The van der Waals surface area contributed by atoms with E-state index in [9.17, 15) is 32.4 Å². The van der Waals surface area contributed by atoms with Gasteiger partial charge in [-0.2, -0.15) is 0 Å². The first-order valence-corrected chi connectivity index (χ1v) is 20.8. The summed E-state index contributed by atoms with van der Waals surface area (Å²) >= 11 is 0. The van der Waals surface area contributed by atoms with Crippen LogP contribution in [0, 0.1) is 17.3 Å². The summed E-state index contributed by atoms with van der Waals surface area (Å²) in [5.74, 6) is -2.99. The molecular formula is C38H65N5O7S. The van der Waals surface area contributed by atoms with Crippen molar-refractivity contribution in [1.82, 2.24) is 26.2 Å². The van der Waals surface area contributed by atoms with Crippen molar-refractivity contribution in [1.29, 1.82) is 0 Å². The number of urea groups is 1. The summed E-state index contributed by atoms with van der Waals surface area (Å²) in [6, 6.07) is -3.47. The number of carbonyl (C=O) groups is 5. The molecule has 1 saturated heterocycles. The lowest BCUT2D eigenvalue weighted by Crippen LogP contribution is -2.63. The molecule has 4 atom stereocenters. The van der Waals surface area contributed by atoms with E-state index in [0.29, 0.717) is 32.2 Å². The standard InChI is InChI=1S/C38H65N5O7S/c1-9-17-28(31(44)33(46)39-23-10-2)40-32(45)30-27(36(3,4)5)20-24-43(30)34(47)29(26-18-13-11-14-19-26)41-35(48)42-38(21-15-12-16-22-38)25-51(49,50)37(6,7)8/h10,26-30H,2,9,11-25H2,1,3-8H3,(H,39,46)(H,40,45)(H2,41,42,48)/t27?,28?,29-,30?/m0/s1. The summed E-state index contributed by atoms with van der Waals surface area (Å²) in [6.07, 6.45) is 10.8. The van der Waals surface area contributed by atoms with Crippen LogP contribution in [0.15, 0.2) is 12.7 Å². The molecule has 0 aromatic carbocycles. The largest absolute Gasteiger partial charge is 0.346 e. The molecule has 5 amide bonds. The minimum Gasteiger partial charge on any atom is -0.346 e. The maximum atomic E-state index is 14.7. The summed E-state index contributed by atoms with van der Waals surface area (Å²) in [7, 11) is -3.56. The fourth-order valence-electron chi connectivity index (χ4n) is 8.06. The van der Waals surface area contributed by atoms with E-state index in [0.717, 1.165) is 51.4 Å². The van der Waals surface area contributed by atoms with E-state index in [1.807, 2.05) is 27.7 Å². The SMILES string of the molecule is C=CCNC(=O)C(=O)C(CCC)NC(=O)C1C(C(C)(C)C)CCN1C(=O)[C@@H](NC(=O)NC1(CS(=O)(=O)C(C)(C)C)CCCCC1)C1CCCCC1. The highest BCUT2D eigenvalue weighted by Gasteiger charge is 2.50. The molecule has 3 fully saturated rings. The number of nitrogens with one attached hydrogen (secondary N) is 4. The van der Waals surface area contributed by atoms with E-state index < -0.39 is 61.9 Å². The van der Waals surface area contributed by atoms with Crippen LogP contribution in [0.2, 0.25) is 0 Å². The minimum absolute atomic E-state index is 0.116. The molecule has 0 radical (unpaired) electrons. The zero-order chi connectivity index (χ0) is 38.2. The van der Waals surface area contributed by atoms with Crippen LogP contribution in [0.5, 0.6) is 0 Å². The van der Waals surface area contributed by atoms with E-state index in [4.69, 9.17) is 0 Å². The molecule has 0 bridgehead atoms. The summed E-state index contributed by atoms with van der Waals surface area (Å²) in [4.78, 5) is 70.2. The molecule has 51 heavy (non-hydrogen) atoms. The fourth-order valence-corrected chi connectivity index (χ4v) is 9.58. The lowest BCUT2D eigenvalue weighted by Gasteiger charge is -2.41. The Hall–Kier alpha value is -2.96. The Morgan fingerprint density at radius 3 is 2.06 bits per heavy atom. The molecule has 0 spiro atoms. The number of carbonyl (C=O) groups excluding carboxylic acids is 5. The van der Waals surface area contributed by atoms with Crippen molar-refractivity contribution in [2.75, 3.05) is 18.8 Å². The van der Waals surface area contributed by atoms with Crippen LogP contribution in [-0.2, 0) is 29.0 Å². The Morgan fingerprint density at radius 2 is 1.51 bits per heavy atom. The predicted molar refractivity (Wildman–Crippen MR) is 200 cm³/mol. The summed E-state index contributed by atoms with van der Waals surface area (Å²) in [5.41, 5.74) is -1.32. The Morgan fingerprint density at radius 1 is 0.902 bits per heavy atom. The van der Waals surface area contributed by atoms with Gasteiger partial charge in [-0.15, -0.1) is 6.58 Å². The number of likely N-dealkylation sites (tertiary alicyclic amines) is 1. The Balaban J connectivity index is 1.93. The van der Waals surface area contributed by atoms with Gasteiger partial charge in [0.1, 0.15) is 12.1 Å². The first-order valence-electron chi connectivity index (χ1n) is 19.1. The minimum atomic E-state index is -3.56. The second kappa shape index (κ2) is 17.7. The van der Waals surface area contributed by atoms with E-state index in [1.165, 1.54) is 6.08 Å². The topological polar surface area (TPSA) is 171 Å². The number of sulfone groups is 1. The summed E-state index contributed by atoms with van der Waals surface area (Å²) < 4.78 is 25.8. The maximum absolute atomic E-state index is 14.7. The van der Waals surface area contributed by atoms with Crippen molar-refractivity contribution in [2.45, 2.75) is 160 Å². The molecular weight excluding hydrogens is 671 g/mol. The molecule has 3 rings (SSSR count). The number of amides is 5. The number of hydrogen-bond acceptors (Lipinski definition) is 7. The van der Waals surface area contributed by atoms with E-state index in [-0.39, 0.29) is 41.9 Å². The Labute approximate surface area is 306 Å². The Bertz CT molecular complexity index is 1370. The van der Waals surface area contributed by atoms with Crippen LogP contribution in [0.1, 0.15) is 132 Å². The molecule has 3 unspecified atom stereocenters. The molecule has 290 valence electrons. The van der Waals surface area contributed by atoms with Crippen LogP contribution < -0.4 is 21.3 Å². The molecule has 0 aromatic rings. The highest BCUT2D eigenvalue weighted by Crippen LogP contribution is 2.40. The lowest BCUT2D eigenvalue weighted by molar-refractivity contribution is -0.144. The lowest BCUT2D eigenvalue weighted by atomic mass is 9.75. The molecule has 3 aliphatic rings. The zero-order valence-corrected chi connectivity index (χ0v) is 33.0. The van der Waals surface area contributed by atoms with Gasteiger partial charge in [-0.25, -0.2) is 13.2 Å². The molecule has 13 heteroatoms. The van der Waals surface area contributed by atoms with Gasteiger partial charge in [0.2, 0.25) is 17.6 Å².